The summed E-state index contributed by atoms with van der Waals surface area (Å²) in [4.78, 5) is 96.5. The second-order valence-electron chi connectivity index (χ2n) is 15.7. The zero-order valence-electron chi connectivity index (χ0n) is 33.3. The Hall–Kier alpha value is -4.57. The van der Waals surface area contributed by atoms with E-state index in [1.165, 1.54) is 18.9 Å². The Morgan fingerprint density at radius 3 is 2.05 bits per heavy atom. The van der Waals surface area contributed by atoms with Crippen LogP contribution in [0.5, 0.6) is 5.75 Å². The van der Waals surface area contributed by atoms with Crippen molar-refractivity contribution in [1.29, 1.82) is 0 Å². The van der Waals surface area contributed by atoms with Crippen LogP contribution in [0.4, 0.5) is 0 Å². The summed E-state index contributed by atoms with van der Waals surface area (Å²) in [6.45, 7) is 11.9. The van der Waals surface area contributed by atoms with Gasteiger partial charge in [-0.15, -0.1) is 0 Å². The average molecular weight is 772 g/mol. The molecule has 1 aromatic carbocycles. The molecule has 0 aromatic heterocycles. The van der Waals surface area contributed by atoms with E-state index in [4.69, 9.17) is 10.5 Å². The number of fused-ring (bicyclic) bond motifs is 1. The van der Waals surface area contributed by atoms with Crippen molar-refractivity contribution < 1.29 is 43.4 Å². The molecule has 1 aromatic rings. The van der Waals surface area contributed by atoms with Gasteiger partial charge < -0.3 is 47.1 Å². The van der Waals surface area contributed by atoms with Crippen molar-refractivity contribution in [2.75, 3.05) is 26.7 Å². The van der Waals surface area contributed by atoms with Gasteiger partial charge in [-0.1, -0.05) is 53.7 Å². The molecule has 6 amide bonds. The molecule has 2 heterocycles. The second-order valence-corrected chi connectivity index (χ2v) is 15.7. The van der Waals surface area contributed by atoms with Crippen LogP contribution in [0.3, 0.4) is 0 Å². The van der Waals surface area contributed by atoms with Gasteiger partial charge in [0.1, 0.15) is 35.7 Å². The van der Waals surface area contributed by atoms with Crippen molar-refractivity contribution in [3.05, 3.63) is 29.8 Å². The van der Waals surface area contributed by atoms with E-state index in [1.807, 2.05) is 0 Å². The highest BCUT2D eigenvalue weighted by Gasteiger charge is 2.41. The lowest BCUT2D eigenvalue weighted by Gasteiger charge is -2.32. The van der Waals surface area contributed by atoms with Gasteiger partial charge in [-0.25, -0.2) is 0 Å². The zero-order valence-corrected chi connectivity index (χ0v) is 33.3. The number of methoxy groups -OCH3 is 1. The smallest absolute Gasteiger partial charge is 0.246 e. The lowest BCUT2D eigenvalue weighted by atomic mass is 9.84. The zero-order chi connectivity index (χ0) is 41.1. The van der Waals surface area contributed by atoms with Gasteiger partial charge in [0, 0.05) is 32.0 Å². The minimum atomic E-state index is -1.32. The molecule has 2 aliphatic heterocycles. The number of ketones is 1. The lowest BCUT2D eigenvalue weighted by Crippen LogP contribution is -2.59. The topological polar surface area (TPSA) is 238 Å². The number of nitrogens with one attached hydrogen (secondary N) is 5. The van der Waals surface area contributed by atoms with Crippen molar-refractivity contribution in [3.63, 3.8) is 0 Å². The number of ether oxygens (including phenoxy) is 1. The van der Waals surface area contributed by atoms with Gasteiger partial charge in [-0.3, -0.25) is 33.6 Å². The van der Waals surface area contributed by atoms with Gasteiger partial charge in [0.05, 0.1) is 31.6 Å². The maximum atomic E-state index is 14.1. The van der Waals surface area contributed by atoms with Crippen LogP contribution in [0.1, 0.15) is 73.3 Å². The first-order valence-corrected chi connectivity index (χ1v) is 19.2. The third-order valence-corrected chi connectivity index (χ3v) is 10.5. The molecule has 16 heteroatoms. The molecule has 8 N–H and O–H groups in total. The molecule has 3 rings (SSSR count). The third kappa shape index (κ3) is 12.2. The number of carbonyl (C=O) groups excluding carboxylic acids is 7. The summed E-state index contributed by atoms with van der Waals surface area (Å²) < 4.78 is 5.24. The van der Waals surface area contributed by atoms with E-state index < -0.39 is 102 Å². The average Bonchev–Trinajstić information content (AvgIpc) is 3.63. The molecule has 2 saturated heterocycles. The predicted octanol–water partition coefficient (Wildman–Crippen LogP) is -0.203. The molecule has 2 fully saturated rings. The van der Waals surface area contributed by atoms with E-state index >= 15 is 0 Å². The maximum absolute atomic E-state index is 14.1. The molecule has 0 bridgehead atoms. The number of nitrogens with two attached hydrogens (primary N) is 1. The number of rotatable bonds is 6. The number of carbonyl (C=O) groups is 7. The fourth-order valence-electron chi connectivity index (χ4n) is 6.88. The molecule has 8 atom stereocenters. The Balaban J connectivity index is 1.99. The van der Waals surface area contributed by atoms with Gasteiger partial charge in [0.2, 0.25) is 35.4 Å². The Kier molecular flexibility index (Phi) is 16.6. The highest BCUT2D eigenvalue weighted by atomic mass is 16.5. The van der Waals surface area contributed by atoms with Crippen molar-refractivity contribution >= 4 is 41.2 Å². The summed E-state index contributed by atoms with van der Waals surface area (Å²) in [6.07, 6.45) is -0.838. The Bertz CT molecular complexity index is 1530. The van der Waals surface area contributed by atoms with Crippen molar-refractivity contribution in [2.45, 2.75) is 110 Å². The number of aliphatic hydroxyl groups is 1. The van der Waals surface area contributed by atoms with Crippen LogP contribution in [0.25, 0.3) is 0 Å². The lowest BCUT2D eigenvalue weighted by molar-refractivity contribution is -0.144. The van der Waals surface area contributed by atoms with Gasteiger partial charge in [0.15, 0.2) is 0 Å². The number of hydrogen-bond acceptors (Lipinski definition) is 10. The van der Waals surface area contributed by atoms with Crippen LogP contribution in [0.15, 0.2) is 24.3 Å². The fraction of sp³-hybridized carbons (Fsp3) is 0.667. The molecule has 306 valence electrons. The van der Waals surface area contributed by atoms with Crippen molar-refractivity contribution in [3.8, 4) is 5.75 Å². The normalized spacial score (nSPS) is 28.9. The number of nitrogens with zero attached hydrogens (tertiary/aromatic N) is 1. The van der Waals surface area contributed by atoms with Gasteiger partial charge >= 0.3 is 0 Å². The summed E-state index contributed by atoms with van der Waals surface area (Å²) in [7, 11) is 1.52. The Morgan fingerprint density at radius 2 is 1.47 bits per heavy atom. The SMILES string of the molecule is COc1ccc(CC2NC(=O)C3CCCN3C(=O)C(C(C)C)NC(=O)[C@@H](C)C(=O)C(C(C)C)CNC(=O)C[C@H](O)[C@@H](C(C)C)NC(=O)[C@@H](N)CNC2=O)cc1. The maximum Gasteiger partial charge on any atom is 0.246 e. The summed E-state index contributed by atoms with van der Waals surface area (Å²) >= 11 is 0. The van der Waals surface area contributed by atoms with Crippen LogP contribution in [-0.4, -0.2) is 114 Å². The fourth-order valence-corrected chi connectivity index (χ4v) is 6.88. The van der Waals surface area contributed by atoms with Crippen LogP contribution in [0, 0.1) is 29.6 Å². The van der Waals surface area contributed by atoms with Crippen molar-refractivity contribution in [1.82, 2.24) is 31.5 Å². The molecular weight excluding hydrogens is 710 g/mol. The molecule has 16 nitrogen and oxygen atoms in total. The first-order chi connectivity index (χ1) is 25.9. The molecule has 0 radical (unpaired) electrons. The van der Waals surface area contributed by atoms with Crippen LogP contribution in [0.2, 0.25) is 0 Å². The number of amides is 6. The molecular formula is C39H61N7O9. The summed E-state index contributed by atoms with van der Waals surface area (Å²) in [5.74, 6) is -6.35. The number of aliphatic hydroxyl groups excluding tert-OH is 1. The van der Waals surface area contributed by atoms with E-state index in [2.05, 4.69) is 26.6 Å². The standard InChI is InChI=1S/C39H61N7O9/c1-20(2)26-18-41-31(48)17-30(47)32(21(3)4)44-36(51)27(40)19-42-37(52)28(16-24-11-13-25(55-8)14-12-24)43-38(53)29-10-9-15-46(29)39(54)33(22(5)6)45-35(50)23(7)34(26)49/h11-14,20-23,26-30,32-33,47H,9-10,15-19,40H2,1-8H3,(H,41,48)(H,42,52)(H,43,53)(H,44,51)(H,45,50)/t23-,26?,27-,28?,29?,30-,32+,33?/m0/s1. The summed E-state index contributed by atoms with van der Waals surface area (Å²) in [5.41, 5.74) is 6.88. The van der Waals surface area contributed by atoms with E-state index in [0.29, 0.717) is 24.2 Å². The summed E-state index contributed by atoms with van der Waals surface area (Å²) in [6, 6.07) is 1.66. The first-order valence-electron chi connectivity index (χ1n) is 19.2. The van der Waals surface area contributed by atoms with Gasteiger partial charge in [-0.2, -0.15) is 0 Å². The monoisotopic (exact) mass is 771 g/mol. The van der Waals surface area contributed by atoms with Crippen molar-refractivity contribution in [2.24, 2.45) is 35.3 Å². The number of Topliss-reactive ketones (excluding diaryl/α,β-unsaturated/α-hetero) is 1. The van der Waals surface area contributed by atoms with E-state index in [-0.39, 0.29) is 37.9 Å². The highest BCUT2D eigenvalue weighted by Crippen LogP contribution is 2.23. The van der Waals surface area contributed by atoms with Crippen LogP contribution >= 0.6 is 0 Å². The quantitative estimate of drug-likeness (QED) is 0.188. The molecule has 2 aliphatic rings. The molecule has 55 heavy (non-hydrogen) atoms. The molecule has 0 spiro atoms. The number of benzene rings is 1. The third-order valence-electron chi connectivity index (χ3n) is 10.5. The Labute approximate surface area is 323 Å². The second kappa shape index (κ2) is 20.4. The van der Waals surface area contributed by atoms with E-state index in [9.17, 15) is 38.7 Å². The molecule has 0 saturated carbocycles. The molecule has 4 unspecified atom stereocenters. The van der Waals surface area contributed by atoms with Crippen LogP contribution in [-0.2, 0) is 40.0 Å². The first kappa shape index (κ1) is 44.8. The van der Waals surface area contributed by atoms with E-state index in [0.717, 1.165) is 0 Å². The number of hydrogen-bond donors (Lipinski definition) is 7. The van der Waals surface area contributed by atoms with Gasteiger partial charge in [0.25, 0.3) is 0 Å². The predicted molar refractivity (Wildman–Crippen MR) is 204 cm³/mol. The highest BCUT2D eigenvalue weighted by molar-refractivity contribution is 6.04. The van der Waals surface area contributed by atoms with Crippen LogP contribution < -0.4 is 37.1 Å². The van der Waals surface area contributed by atoms with Gasteiger partial charge in [-0.05, 0) is 55.2 Å². The largest absolute Gasteiger partial charge is 0.497 e. The summed E-state index contributed by atoms with van der Waals surface area (Å²) in [5, 5.41) is 24.6. The Morgan fingerprint density at radius 1 is 0.818 bits per heavy atom. The minimum absolute atomic E-state index is 0.0569. The minimum Gasteiger partial charge on any atom is -0.497 e. The molecule has 0 aliphatic carbocycles. The van der Waals surface area contributed by atoms with E-state index in [1.54, 1.807) is 65.8 Å².